The highest BCUT2D eigenvalue weighted by Gasteiger charge is 2.20. The van der Waals surface area contributed by atoms with Crippen molar-refractivity contribution in [2.24, 2.45) is 5.92 Å². The van der Waals surface area contributed by atoms with Crippen LogP contribution in [0.15, 0.2) is 18.2 Å². The van der Waals surface area contributed by atoms with Gasteiger partial charge < -0.3 is 14.7 Å². The summed E-state index contributed by atoms with van der Waals surface area (Å²) in [6.07, 6.45) is -0.438. The van der Waals surface area contributed by atoms with Gasteiger partial charge in [-0.3, -0.25) is 4.90 Å². The van der Waals surface area contributed by atoms with Crippen molar-refractivity contribution in [1.82, 2.24) is 9.80 Å². The fourth-order valence-electron chi connectivity index (χ4n) is 3.07. The number of hydrogen-bond donors (Lipinski definition) is 1. The largest absolute Gasteiger partial charge is 0.491 e. The molecule has 1 aromatic carbocycles. The fourth-order valence-corrected chi connectivity index (χ4v) is 3.07. The van der Waals surface area contributed by atoms with E-state index in [0.29, 0.717) is 13.2 Å². The molecule has 1 aliphatic rings. The number of aliphatic hydroxyl groups is 1. The van der Waals surface area contributed by atoms with Crippen LogP contribution in [0, 0.1) is 19.8 Å². The second-order valence-corrected chi connectivity index (χ2v) is 7.23. The molecule has 0 unspecified atom stereocenters. The Morgan fingerprint density at radius 2 is 1.65 bits per heavy atom. The Bertz CT molecular complexity index is 482. The van der Waals surface area contributed by atoms with Crippen LogP contribution in [-0.2, 0) is 0 Å². The molecule has 1 aromatic rings. The first kappa shape index (κ1) is 18.2. The molecule has 0 spiro atoms. The van der Waals surface area contributed by atoms with Gasteiger partial charge >= 0.3 is 0 Å². The molecule has 4 heteroatoms. The van der Waals surface area contributed by atoms with Crippen molar-refractivity contribution in [1.29, 1.82) is 0 Å². The van der Waals surface area contributed by atoms with Gasteiger partial charge in [0.15, 0.2) is 0 Å². The van der Waals surface area contributed by atoms with Gasteiger partial charge in [0, 0.05) is 39.3 Å². The first-order chi connectivity index (χ1) is 10.9. The van der Waals surface area contributed by atoms with Crippen LogP contribution in [0.4, 0.5) is 0 Å². The average molecular weight is 320 g/mol. The molecule has 0 bridgehead atoms. The molecule has 1 heterocycles. The summed E-state index contributed by atoms with van der Waals surface area (Å²) in [5, 5.41) is 10.3. The molecule has 4 nitrogen and oxygen atoms in total. The van der Waals surface area contributed by atoms with E-state index in [1.165, 1.54) is 12.1 Å². The molecule has 1 aliphatic heterocycles. The Kier molecular flexibility index (Phi) is 6.88. The van der Waals surface area contributed by atoms with E-state index in [1.807, 2.05) is 13.0 Å². The van der Waals surface area contributed by atoms with E-state index in [0.717, 1.165) is 43.4 Å². The molecule has 0 saturated carbocycles. The number of nitrogens with zero attached hydrogens (tertiary/aromatic N) is 2. The standard InChI is InChI=1S/C19H32N2O2/c1-15(2)12-20-7-9-21(10-8-20)13-18(22)14-23-19-11-16(3)5-6-17(19)4/h5-6,11,15,18,22H,7-10,12-14H2,1-4H3/t18-/m0/s1. The third kappa shape index (κ3) is 6.13. The maximum absolute atomic E-state index is 10.3. The molecule has 2 rings (SSSR count). The topological polar surface area (TPSA) is 35.9 Å². The molecule has 1 N–H and O–H groups in total. The Morgan fingerprint density at radius 3 is 2.26 bits per heavy atom. The zero-order valence-corrected chi connectivity index (χ0v) is 15.1. The Labute approximate surface area is 141 Å². The van der Waals surface area contributed by atoms with E-state index in [-0.39, 0.29) is 0 Å². The van der Waals surface area contributed by atoms with Gasteiger partial charge in [0.25, 0.3) is 0 Å². The highest BCUT2D eigenvalue weighted by molar-refractivity contribution is 5.35. The van der Waals surface area contributed by atoms with Gasteiger partial charge in [-0.15, -0.1) is 0 Å². The molecule has 0 aliphatic carbocycles. The van der Waals surface area contributed by atoms with Gasteiger partial charge in [0.1, 0.15) is 18.5 Å². The molecule has 0 aromatic heterocycles. The lowest BCUT2D eigenvalue weighted by molar-refractivity contribution is 0.0438. The van der Waals surface area contributed by atoms with Crippen molar-refractivity contribution in [2.75, 3.05) is 45.9 Å². The molecule has 1 saturated heterocycles. The number of ether oxygens (including phenoxy) is 1. The molecule has 1 atom stereocenters. The average Bonchev–Trinajstić information content (AvgIpc) is 2.50. The zero-order chi connectivity index (χ0) is 16.8. The third-order valence-corrected chi connectivity index (χ3v) is 4.33. The number of hydrogen-bond acceptors (Lipinski definition) is 4. The number of piperazine rings is 1. The van der Waals surface area contributed by atoms with Crippen molar-refractivity contribution in [3.8, 4) is 5.75 Å². The molecule has 0 amide bonds. The van der Waals surface area contributed by atoms with Crippen LogP contribution in [0.2, 0.25) is 0 Å². The minimum Gasteiger partial charge on any atom is -0.491 e. The van der Waals surface area contributed by atoms with Crippen LogP contribution in [0.5, 0.6) is 5.75 Å². The van der Waals surface area contributed by atoms with Gasteiger partial charge in [-0.1, -0.05) is 26.0 Å². The summed E-state index contributed by atoms with van der Waals surface area (Å²) < 4.78 is 5.81. The fraction of sp³-hybridized carbons (Fsp3) is 0.684. The van der Waals surface area contributed by atoms with Crippen LogP contribution in [0.1, 0.15) is 25.0 Å². The van der Waals surface area contributed by atoms with Gasteiger partial charge in [-0.25, -0.2) is 0 Å². The summed E-state index contributed by atoms with van der Waals surface area (Å²) in [7, 11) is 0. The number of aryl methyl sites for hydroxylation is 2. The summed E-state index contributed by atoms with van der Waals surface area (Å²) in [5.74, 6) is 1.60. The summed E-state index contributed by atoms with van der Waals surface area (Å²) in [4.78, 5) is 4.86. The van der Waals surface area contributed by atoms with E-state index in [4.69, 9.17) is 4.74 Å². The minimum absolute atomic E-state index is 0.358. The monoisotopic (exact) mass is 320 g/mol. The zero-order valence-electron chi connectivity index (χ0n) is 15.1. The number of aliphatic hydroxyl groups excluding tert-OH is 1. The molecular formula is C19H32N2O2. The van der Waals surface area contributed by atoms with Gasteiger partial charge in [-0.2, -0.15) is 0 Å². The van der Waals surface area contributed by atoms with Gasteiger partial charge in [0.2, 0.25) is 0 Å². The predicted octanol–water partition coefficient (Wildman–Crippen LogP) is 2.32. The number of rotatable bonds is 7. The van der Waals surface area contributed by atoms with Crippen molar-refractivity contribution >= 4 is 0 Å². The molecule has 23 heavy (non-hydrogen) atoms. The molecule has 130 valence electrons. The first-order valence-electron chi connectivity index (χ1n) is 8.77. The highest BCUT2D eigenvalue weighted by atomic mass is 16.5. The number of benzene rings is 1. The Balaban J connectivity index is 1.71. The van der Waals surface area contributed by atoms with E-state index < -0.39 is 6.10 Å². The number of β-amino-alcohol motifs (C(OH)–C–C–N with tert-alkyl or cyclic N) is 1. The maximum atomic E-state index is 10.3. The van der Waals surface area contributed by atoms with Crippen LogP contribution in [0.3, 0.4) is 0 Å². The molecular weight excluding hydrogens is 288 g/mol. The van der Waals surface area contributed by atoms with Gasteiger partial charge in [-0.05, 0) is 37.0 Å². The van der Waals surface area contributed by atoms with Crippen LogP contribution in [-0.4, -0.2) is 66.9 Å². The summed E-state index contributed by atoms with van der Waals surface area (Å²) >= 11 is 0. The quantitative estimate of drug-likeness (QED) is 0.836. The van der Waals surface area contributed by atoms with E-state index in [1.54, 1.807) is 0 Å². The van der Waals surface area contributed by atoms with Crippen molar-refractivity contribution in [3.05, 3.63) is 29.3 Å². The smallest absolute Gasteiger partial charge is 0.122 e. The highest BCUT2D eigenvalue weighted by Crippen LogP contribution is 2.19. The van der Waals surface area contributed by atoms with Crippen molar-refractivity contribution < 1.29 is 9.84 Å². The predicted molar refractivity (Wildman–Crippen MR) is 95.1 cm³/mol. The Morgan fingerprint density at radius 1 is 1.04 bits per heavy atom. The van der Waals surface area contributed by atoms with Crippen LogP contribution >= 0.6 is 0 Å². The van der Waals surface area contributed by atoms with Crippen molar-refractivity contribution in [3.63, 3.8) is 0 Å². The second-order valence-electron chi connectivity index (χ2n) is 7.23. The second kappa shape index (κ2) is 8.67. The Hall–Kier alpha value is -1.10. The maximum Gasteiger partial charge on any atom is 0.122 e. The van der Waals surface area contributed by atoms with Crippen LogP contribution in [0.25, 0.3) is 0 Å². The minimum atomic E-state index is -0.438. The lowest BCUT2D eigenvalue weighted by atomic mass is 10.1. The summed E-state index contributed by atoms with van der Waals surface area (Å²) in [5.41, 5.74) is 2.30. The first-order valence-corrected chi connectivity index (χ1v) is 8.77. The molecule has 1 fully saturated rings. The van der Waals surface area contributed by atoms with Crippen LogP contribution < -0.4 is 4.74 Å². The van der Waals surface area contributed by atoms with E-state index >= 15 is 0 Å². The normalized spacial score (nSPS) is 18.3. The summed E-state index contributed by atoms with van der Waals surface area (Å²) in [6, 6.07) is 6.17. The summed E-state index contributed by atoms with van der Waals surface area (Å²) in [6.45, 7) is 15.1. The lowest BCUT2D eigenvalue weighted by Crippen LogP contribution is -2.49. The van der Waals surface area contributed by atoms with E-state index in [9.17, 15) is 5.11 Å². The van der Waals surface area contributed by atoms with Crippen molar-refractivity contribution in [2.45, 2.75) is 33.8 Å². The third-order valence-electron chi connectivity index (χ3n) is 4.33. The van der Waals surface area contributed by atoms with E-state index in [2.05, 4.69) is 42.7 Å². The van der Waals surface area contributed by atoms with Gasteiger partial charge in [0.05, 0.1) is 0 Å². The molecule has 0 radical (unpaired) electrons. The SMILES string of the molecule is Cc1ccc(C)c(OC[C@@H](O)CN2CCN(CC(C)C)CC2)c1. The lowest BCUT2D eigenvalue weighted by Gasteiger charge is -2.36.